The highest BCUT2D eigenvalue weighted by molar-refractivity contribution is 8.13. The van der Waals surface area contributed by atoms with Crippen molar-refractivity contribution in [3.63, 3.8) is 0 Å². The fraction of sp³-hybridized carbons (Fsp3) is 0.500. The van der Waals surface area contributed by atoms with Gasteiger partial charge in [0.15, 0.2) is 0 Å². The first-order valence-electron chi connectivity index (χ1n) is 7.87. The Kier molecular flexibility index (Phi) is 5.87. The molecule has 1 unspecified atom stereocenters. The summed E-state index contributed by atoms with van der Waals surface area (Å²) in [4.78, 5) is 27.6. The zero-order valence-corrected chi connectivity index (χ0v) is 15.3. The molecular formula is C16H21ClN2O4S. The summed E-state index contributed by atoms with van der Waals surface area (Å²) in [5, 5.41) is 0. The maximum absolute atomic E-state index is 12.3. The summed E-state index contributed by atoms with van der Waals surface area (Å²) in [5.41, 5.74) is 1.22. The fourth-order valence-corrected chi connectivity index (χ4v) is 4.22. The van der Waals surface area contributed by atoms with E-state index in [-0.39, 0.29) is 29.9 Å². The standard InChI is InChI=1S/C16H21ClN2O4S/c1-3-18(4-2)16(21)13-5-7-14(8-6-13)19-10-12(9-15(19)20)11-24(17,22)23/h5-8,12H,3-4,9-11H2,1-2H3. The number of benzene rings is 1. The van der Waals surface area contributed by atoms with Gasteiger partial charge in [-0.15, -0.1) is 0 Å². The van der Waals surface area contributed by atoms with E-state index < -0.39 is 9.05 Å². The molecule has 132 valence electrons. The van der Waals surface area contributed by atoms with Crippen molar-refractivity contribution in [2.75, 3.05) is 30.3 Å². The Morgan fingerprint density at radius 2 is 1.83 bits per heavy atom. The van der Waals surface area contributed by atoms with E-state index in [2.05, 4.69) is 0 Å². The van der Waals surface area contributed by atoms with Gasteiger partial charge in [-0.1, -0.05) is 0 Å². The Morgan fingerprint density at radius 1 is 1.25 bits per heavy atom. The Labute approximate surface area is 146 Å². The van der Waals surface area contributed by atoms with E-state index in [9.17, 15) is 18.0 Å². The highest BCUT2D eigenvalue weighted by Crippen LogP contribution is 2.27. The van der Waals surface area contributed by atoms with Gasteiger partial charge in [0, 0.05) is 53.9 Å². The number of nitrogens with zero attached hydrogens (tertiary/aromatic N) is 2. The molecule has 0 aliphatic carbocycles. The first kappa shape index (κ1) is 18.7. The van der Waals surface area contributed by atoms with Gasteiger partial charge in [0.05, 0.1) is 5.75 Å². The molecule has 1 heterocycles. The molecule has 1 aliphatic heterocycles. The zero-order chi connectivity index (χ0) is 17.9. The fourth-order valence-electron chi connectivity index (χ4n) is 2.90. The SMILES string of the molecule is CCN(CC)C(=O)c1ccc(N2CC(CS(=O)(=O)Cl)CC2=O)cc1. The van der Waals surface area contributed by atoms with Crippen LogP contribution in [0.15, 0.2) is 24.3 Å². The summed E-state index contributed by atoms with van der Waals surface area (Å²) in [6, 6.07) is 6.81. The van der Waals surface area contributed by atoms with Crippen LogP contribution in [-0.2, 0) is 13.8 Å². The van der Waals surface area contributed by atoms with Gasteiger partial charge >= 0.3 is 0 Å². The van der Waals surface area contributed by atoms with Crippen LogP contribution in [0, 0.1) is 5.92 Å². The Bertz CT molecular complexity index is 714. The van der Waals surface area contributed by atoms with Crippen LogP contribution in [-0.4, -0.2) is 50.5 Å². The van der Waals surface area contributed by atoms with Crippen molar-refractivity contribution in [3.8, 4) is 0 Å². The lowest BCUT2D eigenvalue weighted by molar-refractivity contribution is -0.117. The minimum atomic E-state index is -3.63. The number of halogens is 1. The molecule has 6 nitrogen and oxygen atoms in total. The number of hydrogen-bond donors (Lipinski definition) is 0. The molecule has 8 heteroatoms. The number of carbonyl (C=O) groups excluding carboxylic acids is 2. The number of anilines is 1. The topological polar surface area (TPSA) is 74.8 Å². The molecule has 0 radical (unpaired) electrons. The average molecular weight is 373 g/mol. The van der Waals surface area contributed by atoms with E-state index in [0.29, 0.717) is 30.9 Å². The molecule has 2 amide bonds. The third kappa shape index (κ3) is 4.48. The quantitative estimate of drug-likeness (QED) is 0.716. The van der Waals surface area contributed by atoms with Crippen LogP contribution in [0.5, 0.6) is 0 Å². The van der Waals surface area contributed by atoms with Crippen molar-refractivity contribution in [2.45, 2.75) is 20.3 Å². The molecule has 1 aromatic rings. The largest absolute Gasteiger partial charge is 0.339 e. The summed E-state index contributed by atoms with van der Waals surface area (Å²) in [6.45, 7) is 5.42. The molecule has 0 bridgehead atoms. The number of carbonyl (C=O) groups is 2. The van der Waals surface area contributed by atoms with E-state index in [1.165, 1.54) is 0 Å². The molecule has 1 fully saturated rings. The Balaban J connectivity index is 2.11. The minimum absolute atomic E-state index is 0.0505. The van der Waals surface area contributed by atoms with Crippen molar-refractivity contribution in [1.82, 2.24) is 4.90 Å². The van der Waals surface area contributed by atoms with Crippen LogP contribution in [0.4, 0.5) is 5.69 Å². The first-order chi connectivity index (χ1) is 11.2. The maximum Gasteiger partial charge on any atom is 0.253 e. The highest BCUT2D eigenvalue weighted by Gasteiger charge is 2.33. The van der Waals surface area contributed by atoms with E-state index in [0.717, 1.165) is 0 Å². The summed E-state index contributed by atoms with van der Waals surface area (Å²) < 4.78 is 22.3. The van der Waals surface area contributed by atoms with Crippen LogP contribution in [0.3, 0.4) is 0 Å². The van der Waals surface area contributed by atoms with Crippen LogP contribution >= 0.6 is 10.7 Å². The van der Waals surface area contributed by atoms with Crippen LogP contribution in [0.1, 0.15) is 30.6 Å². The van der Waals surface area contributed by atoms with Gasteiger partial charge in [0.25, 0.3) is 5.91 Å². The summed E-state index contributed by atoms with van der Waals surface area (Å²) >= 11 is 0. The molecule has 1 aliphatic rings. The van der Waals surface area contributed by atoms with E-state index >= 15 is 0 Å². The van der Waals surface area contributed by atoms with Crippen LogP contribution < -0.4 is 4.90 Å². The summed E-state index contributed by atoms with van der Waals surface area (Å²) in [5.74, 6) is -0.708. The second-order valence-corrected chi connectivity index (χ2v) is 8.63. The van der Waals surface area contributed by atoms with Gasteiger partial charge in [-0.3, -0.25) is 9.59 Å². The van der Waals surface area contributed by atoms with E-state index in [4.69, 9.17) is 10.7 Å². The van der Waals surface area contributed by atoms with Gasteiger partial charge in [-0.05, 0) is 38.1 Å². The molecule has 24 heavy (non-hydrogen) atoms. The molecule has 0 N–H and O–H groups in total. The second kappa shape index (κ2) is 7.53. The van der Waals surface area contributed by atoms with E-state index in [1.54, 1.807) is 34.1 Å². The lowest BCUT2D eigenvalue weighted by Gasteiger charge is -2.20. The highest BCUT2D eigenvalue weighted by atomic mass is 35.7. The van der Waals surface area contributed by atoms with Gasteiger partial charge in [0.1, 0.15) is 0 Å². The molecule has 1 saturated heterocycles. The van der Waals surface area contributed by atoms with Crippen molar-refractivity contribution in [2.24, 2.45) is 5.92 Å². The van der Waals surface area contributed by atoms with E-state index in [1.807, 2.05) is 13.8 Å². The smallest absolute Gasteiger partial charge is 0.253 e. The predicted molar refractivity (Wildman–Crippen MR) is 93.8 cm³/mol. The van der Waals surface area contributed by atoms with Crippen LogP contribution in [0.25, 0.3) is 0 Å². The van der Waals surface area contributed by atoms with Gasteiger partial charge in [0.2, 0.25) is 15.0 Å². The Morgan fingerprint density at radius 3 is 2.33 bits per heavy atom. The van der Waals surface area contributed by atoms with Crippen molar-refractivity contribution >= 4 is 37.2 Å². The summed E-state index contributed by atoms with van der Waals surface area (Å²) in [6.07, 6.45) is 0.159. The molecule has 2 rings (SSSR count). The molecule has 1 aromatic carbocycles. The molecule has 0 saturated carbocycles. The molecule has 1 atom stereocenters. The van der Waals surface area contributed by atoms with Gasteiger partial charge in [-0.2, -0.15) is 0 Å². The number of amides is 2. The summed E-state index contributed by atoms with van der Waals surface area (Å²) in [7, 11) is 1.64. The van der Waals surface area contributed by atoms with Gasteiger partial charge in [-0.25, -0.2) is 8.42 Å². The number of hydrogen-bond acceptors (Lipinski definition) is 4. The van der Waals surface area contributed by atoms with Crippen LogP contribution in [0.2, 0.25) is 0 Å². The van der Waals surface area contributed by atoms with Crippen molar-refractivity contribution in [3.05, 3.63) is 29.8 Å². The minimum Gasteiger partial charge on any atom is -0.339 e. The molecule has 0 aromatic heterocycles. The maximum atomic E-state index is 12.3. The lowest BCUT2D eigenvalue weighted by atomic mass is 10.1. The molecular weight excluding hydrogens is 352 g/mol. The molecule has 0 spiro atoms. The third-order valence-corrected chi connectivity index (χ3v) is 5.36. The van der Waals surface area contributed by atoms with Crippen molar-refractivity contribution in [1.29, 1.82) is 0 Å². The third-order valence-electron chi connectivity index (χ3n) is 4.12. The zero-order valence-electron chi connectivity index (χ0n) is 13.7. The predicted octanol–water partition coefficient (Wildman–Crippen LogP) is 2.09. The van der Waals surface area contributed by atoms with Gasteiger partial charge < -0.3 is 9.80 Å². The van der Waals surface area contributed by atoms with Crippen molar-refractivity contribution < 1.29 is 18.0 Å². The average Bonchev–Trinajstić information content (AvgIpc) is 2.87. The first-order valence-corrected chi connectivity index (χ1v) is 10.3. The Hall–Kier alpha value is -1.60. The normalized spacial score (nSPS) is 18.0. The lowest BCUT2D eigenvalue weighted by Crippen LogP contribution is -2.30. The number of rotatable bonds is 6. The monoisotopic (exact) mass is 372 g/mol. The second-order valence-electron chi connectivity index (χ2n) is 5.80.